The normalized spacial score (nSPS) is 12.2. The number of hydrogen-bond acceptors (Lipinski definition) is 4. The first-order valence-corrected chi connectivity index (χ1v) is 13.3. The molecule has 2 N–H and O–H groups in total. The van der Waals surface area contributed by atoms with Gasteiger partial charge in [-0.2, -0.15) is 0 Å². The number of anilines is 1. The van der Waals surface area contributed by atoms with E-state index in [0.717, 1.165) is 51.1 Å². The van der Waals surface area contributed by atoms with E-state index >= 15 is 0 Å². The molecule has 4 nitrogen and oxygen atoms in total. The molecule has 3 aromatic carbocycles. The van der Waals surface area contributed by atoms with E-state index in [-0.39, 0.29) is 0 Å². The molecular formula is C30H29ClN2O2S. The van der Waals surface area contributed by atoms with Gasteiger partial charge in [0, 0.05) is 27.5 Å². The number of pyridine rings is 1. The van der Waals surface area contributed by atoms with Crippen molar-refractivity contribution in [2.75, 3.05) is 5.32 Å². The first kappa shape index (κ1) is 25.8. The lowest BCUT2D eigenvalue weighted by Gasteiger charge is -2.15. The molecule has 0 fully saturated rings. The van der Waals surface area contributed by atoms with E-state index in [0.29, 0.717) is 18.0 Å². The van der Waals surface area contributed by atoms with Gasteiger partial charge >= 0.3 is 5.97 Å². The second kappa shape index (κ2) is 12.6. The predicted molar refractivity (Wildman–Crippen MR) is 153 cm³/mol. The predicted octanol–water partition coefficient (Wildman–Crippen LogP) is 8.41. The Hall–Kier alpha value is -3.28. The van der Waals surface area contributed by atoms with Crippen molar-refractivity contribution in [2.45, 2.75) is 42.9 Å². The van der Waals surface area contributed by atoms with Crippen molar-refractivity contribution in [3.63, 3.8) is 0 Å². The zero-order chi connectivity index (χ0) is 25.3. The zero-order valence-electron chi connectivity index (χ0n) is 20.2. The fourth-order valence-electron chi connectivity index (χ4n) is 3.87. The fourth-order valence-corrected chi connectivity index (χ4v) is 5.18. The highest BCUT2D eigenvalue weighted by Gasteiger charge is 2.19. The summed E-state index contributed by atoms with van der Waals surface area (Å²) in [6.07, 6.45) is 6.61. The molecule has 0 aliphatic rings. The number of thioether (sulfide) groups is 1. The smallest absolute Gasteiger partial charge is 0.316 e. The minimum Gasteiger partial charge on any atom is -0.480 e. The number of carboxylic acids is 1. The summed E-state index contributed by atoms with van der Waals surface area (Å²) >= 11 is 7.55. The lowest BCUT2D eigenvalue weighted by molar-refractivity contribution is -0.136. The molecule has 1 heterocycles. The summed E-state index contributed by atoms with van der Waals surface area (Å²) in [5.74, 6) is -0.750. The zero-order valence-corrected chi connectivity index (χ0v) is 21.7. The minimum absolute atomic E-state index is 0.431. The van der Waals surface area contributed by atoms with Crippen molar-refractivity contribution < 1.29 is 9.90 Å². The van der Waals surface area contributed by atoms with Crippen LogP contribution in [0.5, 0.6) is 0 Å². The number of halogens is 1. The van der Waals surface area contributed by atoms with Crippen LogP contribution in [0.15, 0.2) is 83.8 Å². The van der Waals surface area contributed by atoms with Crippen molar-refractivity contribution >= 4 is 58.1 Å². The maximum absolute atomic E-state index is 11.7. The number of rotatable bonds is 11. The first-order chi connectivity index (χ1) is 17.5. The molecule has 0 bridgehead atoms. The topological polar surface area (TPSA) is 62.2 Å². The van der Waals surface area contributed by atoms with Gasteiger partial charge in [-0.3, -0.25) is 4.79 Å². The van der Waals surface area contributed by atoms with Gasteiger partial charge in [-0.05, 0) is 60.0 Å². The lowest BCUT2D eigenvalue weighted by atomic mass is 10.1. The van der Waals surface area contributed by atoms with E-state index in [1.165, 1.54) is 11.8 Å². The Morgan fingerprint density at radius 2 is 1.89 bits per heavy atom. The van der Waals surface area contributed by atoms with E-state index < -0.39 is 11.2 Å². The molecule has 0 aliphatic carbocycles. The number of hydrogen-bond donors (Lipinski definition) is 2. The van der Waals surface area contributed by atoms with Crippen LogP contribution in [0.4, 0.5) is 5.69 Å². The second-order valence-corrected chi connectivity index (χ2v) is 10.3. The van der Waals surface area contributed by atoms with Crippen LogP contribution in [0.3, 0.4) is 0 Å². The molecular weight excluding hydrogens is 488 g/mol. The molecule has 0 saturated heterocycles. The van der Waals surface area contributed by atoms with Crippen LogP contribution in [-0.2, 0) is 11.3 Å². The maximum atomic E-state index is 11.7. The average molecular weight is 517 g/mol. The van der Waals surface area contributed by atoms with Crippen molar-refractivity contribution in [1.82, 2.24) is 4.98 Å². The van der Waals surface area contributed by atoms with Gasteiger partial charge < -0.3 is 10.4 Å². The summed E-state index contributed by atoms with van der Waals surface area (Å²) in [6.45, 7) is 2.70. The molecule has 0 saturated carbocycles. The average Bonchev–Trinajstić information content (AvgIpc) is 2.89. The number of carboxylic acid groups (broad SMARTS) is 1. The number of nitrogens with zero attached hydrogens (tertiary/aromatic N) is 1. The third-order valence-corrected chi connectivity index (χ3v) is 7.44. The highest BCUT2D eigenvalue weighted by atomic mass is 35.5. The summed E-state index contributed by atoms with van der Waals surface area (Å²) in [4.78, 5) is 17.4. The summed E-state index contributed by atoms with van der Waals surface area (Å²) in [5, 5.41) is 14.4. The van der Waals surface area contributed by atoms with Crippen LogP contribution in [0.25, 0.3) is 23.1 Å². The Bertz CT molecular complexity index is 1370. The first-order valence-electron chi connectivity index (χ1n) is 12.1. The molecule has 36 heavy (non-hydrogen) atoms. The summed E-state index contributed by atoms with van der Waals surface area (Å²) in [7, 11) is 0. The molecule has 1 aromatic heterocycles. The minimum atomic E-state index is -0.750. The van der Waals surface area contributed by atoms with Crippen LogP contribution < -0.4 is 5.32 Å². The molecule has 0 aliphatic heterocycles. The molecule has 4 rings (SSSR count). The Labute approximate surface area is 221 Å². The summed E-state index contributed by atoms with van der Waals surface area (Å²) < 4.78 is 0. The van der Waals surface area contributed by atoms with Gasteiger partial charge in [0.2, 0.25) is 0 Å². The van der Waals surface area contributed by atoms with E-state index in [9.17, 15) is 9.90 Å². The number of unbranched alkanes of at least 4 members (excludes halogenated alkanes) is 1. The Morgan fingerprint density at radius 3 is 2.72 bits per heavy atom. The number of carbonyl (C=O) groups is 1. The molecule has 6 heteroatoms. The Morgan fingerprint density at radius 1 is 1.06 bits per heavy atom. The van der Waals surface area contributed by atoms with E-state index in [2.05, 4.69) is 35.4 Å². The van der Waals surface area contributed by atoms with Crippen molar-refractivity contribution in [1.29, 1.82) is 0 Å². The van der Waals surface area contributed by atoms with Gasteiger partial charge in [0.15, 0.2) is 0 Å². The fraction of sp³-hybridized carbons (Fsp3) is 0.200. The standard InChI is InChI=1S/C30H29ClN2O2S/c1-2-3-10-29(30(34)35)36-28-11-5-4-8-23(28)20-32-26-9-6-7-21(18-26)12-16-25-17-14-22-13-15-24(31)19-27(22)33-25/h4-9,11-19,29,32H,2-3,10,20H2,1H3,(H,34,35)/b16-12+. The number of aromatic nitrogens is 1. The third-order valence-electron chi connectivity index (χ3n) is 5.83. The summed E-state index contributed by atoms with van der Waals surface area (Å²) in [5.41, 5.74) is 4.88. The third kappa shape index (κ3) is 7.12. The highest BCUT2D eigenvalue weighted by molar-refractivity contribution is 8.00. The number of nitrogens with one attached hydrogen (secondary N) is 1. The van der Waals surface area contributed by atoms with Crippen LogP contribution in [0.2, 0.25) is 5.02 Å². The largest absolute Gasteiger partial charge is 0.480 e. The molecule has 0 amide bonds. The molecule has 1 unspecified atom stereocenters. The molecule has 0 spiro atoms. The van der Waals surface area contributed by atoms with Crippen molar-refractivity contribution in [2.24, 2.45) is 0 Å². The number of fused-ring (bicyclic) bond motifs is 1. The van der Waals surface area contributed by atoms with Crippen LogP contribution >= 0.6 is 23.4 Å². The van der Waals surface area contributed by atoms with Crippen molar-refractivity contribution in [3.05, 3.63) is 101 Å². The molecule has 0 radical (unpaired) electrons. The van der Waals surface area contributed by atoms with Gasteiger partial charge in [0.25, 0.3) is 0 Å². The van der Waals surface area contributed by atoms with Gasteiger partial charge in [0.05, 0.1) is 11.2 Å². The molecule has 4 aromatic rings. The van der Waals surface area contributed by atoms with Crippen LogP contribution in [-0.4, -0.2) is 21.3 Å². The van der Waals surface area contributed by atoms with Crippen molar-refractivity contribution in [3.8, 4) is 0 Å². The Kier molecular flexibility index (Phi) is 9.04. The summed E-state index contributed by atoms with van der Waals surface area (Å²) in [6, 6.07) is 25.9. The van der Waals surface area contributed by atoms with Gasteiger partial charge in [-0.25, -0.2) is 4.98 Å². The van der Waals surface area contributed by atoms with Crippen LogP contribution in [0.1, 0.15) is 43.0 Å². The van der Waals surface area contributed by atoms with Crippen LogP contribution in [0, 0.1) is 0 Å². The van der Waals surface area contributed by atoms with E-state index in [4.69, 9.17) is 11.6 Å². The monoisotopic (exact) mass is 516 g/mol. The number of aliphatic carboxylic acids is 1. The lowest BCUT2D eigenvalue weighted by Crippen LogP contribution is -2.16. The van der Waals surface area contributed by atoms with E-state index in [1.807, 2.05) is 72.8 Å². The molecule has 184 valence electrons. The Balaban J connectivity index is 1.43. The number of benzene rings is 3. The SMILES string of the molecule is CCCCC(Sc1ccccc1CNc1cccc(/C=C/c2ccc3ccc(Cl)cc3n2)c1)C(=O)O. The van der Waals surface area contributed by atoms with Gasteiger partial charge in [0.1, 0.15) is 5.25 Å². The highest BCUT2D eigenvalue weighted by Crippen LogP contribution is 2.30. The van der Waals surface area contributed by atoms with Gasteiger partial charge in [-0.15, -0.1) is 11.8 Å². The quantitative estimate of drug-likeness (QED) is 0.196. The van der Waals surface area contributed by atoms with E-state index in [1.54, 1.807) is 0 Å². The maximum Gasteiger partial charge on any atom is 0.316 e. The second-order valence-electron chi connectivity index (χ2n) is 8.58. The van der Waals surface area contributed by atoms with Gasteiger partial charge in [-0.1, -0.05) is 79.9 Å². The molecule has 1 atom stereocenters.